The molecule has 0 unspecified atom stereocenters. The molecule has 0 aliphatic heterocycles. The Kier molecular flexibility index (Phi) is 4.55. The van der Waals surface area contributed by atoms with Gasteiger partial charge in [0.25, 0.3) is 0 Å². The van der Waals surface area contributed by atoms with Crippen LogP contribution < -0.4 is 5.73 Å². The molecule has 0 saturated carbocycles. The molecule has 0 fully saturated rings. The average molecular weight is 357 g/mol. The molecule has 0 radical (unpaired) electrons. The maximum Gasteiger partial charge on any atom is 0.217 e. The molecular formula is C19H16FNO3S. The molecule has 25 heavy (non-hydrogen) atoms. The number of fused-ring (bicyclic) bond motifs is 1. The van der Waals surface area contributed by atoms with E-state index in [2.05, 4.69) is 0 Å². The van der Waals surface area contributed by atoms with E-state index >= 15 is 0 Å². The van der Waals surface area contributed by atoms with Crippen LogP contribution in [-0.4, -0.2) is 14.3 Å². The predicted molar refractivity (Wildman–Crippen MR) is 93.3 cm³/mol. The Balaban J connectivity index is 2.06. The summed E-state index contributed by atoms with van der Waals surface area (Å²) in [4.78, 5) is 11.0. The van der Waals surface area contributed by atoms with Gasteiger partial charge in [0, 0.05) is 6.42 Å². The van der Waals surface area contributed by atoms with E-state index in [0.717, 1.165) is 22.4 Å². The van der Waals surface area contributed by atoms with E-state index in [4.69, 9.17) is 5.73 Å². The van der Waals surface area contributed by atoms with Gasteiger partial charge in [0.2, 0.25) is 15.7 Å². The predicted octanol–water partition coefficient (Wildman–Crippen LogP) is 3.23. The number of hydrogen-bond donors (Lipinski definition) is 1. The van der Waals surface area contributed by atoms with Gasteiger partial charge in [0.05, 0.1) is 9.79 Å². The first-order valence-corrected chi connectivity index (χ1v) is 9.17. The quantitative estimate of drug-likeness (QED) is 0.761. The Morgan fingerprint density at radius 3 is 2.40 bits per heavy atom. The van der Waals surface area contributed by atoms with E-state index in [1.165, 1.54) is 24.3 Å². The van der Waals surface area contributed by atoms with Crippen molar-refractivity contribution in [2.45, 2.75) is 22.6 Å². The van der Waals surface area contributed by atoms with Crippen molar-refractivity contribution in [2.24, 2.45) is 5.73 Å². The highest BCUT2D eigenvalue weighted by Gasteiger charge is 2.19. The Morgan fingerprint density at radius 2 is 1.68 bits per heavy atom. The second-order valence-electron chi connectivity index (χ2n) is 5.73. The number of benzene rings is 3. The zero-order chi connectivity index (χ0) is 18.0. The van der Waals surface area contributed by atoms with Gasteiger partial charge < -0.3 is 5.73 Å². The molecule has 1 amide bonds. The molecule has 0 bridgehead atoms. The fourth-order valence-electron chi connectivity index (χ4n) is 2.74. The van der Waals surface area contributed by atoms with Crippen LogP contribution in [0, 0.1) is 5.82 Å². The summed E-state index contributed by atoms with van der Waals surface area (Å²) in [6.45, 7) is 0. The van der Waals surface area contributed by atoms with Crippen molar-refractivity contribution in [3.63, 3.8) is 0 Å². The summed E-state index contributed by atoms with van der Waals surface area (Å²) in [7, 11) is -3.81. The van der Waals surface area contributed by atoms with Gasteiger partial charge in [0.15, 0.2) is 0 Å². The molecule has 4 nitrogen and oxygen atoms in total. The third-order valence-corrected chi connectivity index (χ3v) is 5.75. The first-order valence-electron chi connectivity index (χ1n) is 7.68. The van der Waals surface area contributed by atoms with Gasteiger partial charge in [-0.05, 0) is 53.1 Å². The second-order valence-corrected chi connectivity index (χ2v) is 7.68. The first kappa shape index (κ1) is 17.1. The Bertz CT molecular complexity index is 1060. The summed E-state index contributed by atoms with van der Waals surface area (Å²) >= 11 is 0. The van der Waals surface area contributed by atoms with Gasteiger partial charge in [-0.3, -0.25) is 4.79 Å². The Labute approximate surface area is 145 Å². The van der Waals surface area contributed by atoms with Crippen LogP contribution in [0.4, 0.5) is 4.39 Å². The lowest BCUT2D eigenvalue weighted by atomic mass is 10.0. The van der Waals surface area contributed by atoms with Crippen molar-refractivity contribution in [1.82, 2.24) is 0 Å². The van der Waals surface area contributed by atoms with E-state index < -0.39 is 15.7 Å². The van der Waals surface area contributed by atoms with Gasteiger partial charge in [-0.2, -0.15) is 0 Å². The van der Waals surface area contributed by atoms with Crippen LogP contribution >= 0.6 is 0 Å². The molecule has 0 saturated heterocycles. The molecule has 3 rings (SSSR count). The highest BCUT2D eigenvalue weighted by Crippen LogP contribution is 2.27. The van der Waals surface area contributed by atoms with E-state index in [1.54, 1.807) is 24.3 Å². The third kappa shape index (κ3) is 3.53. The molecule has 0 atom stereocenters. The van der Waals surface area contributed by atoms with Crippen LogP contribution in [-0.2, 0) is 21.1 Å². The Hall–Kier alpha value is -2.73. The van der Waals surface area contributed by atoms with Gasteiger partial charge in [0.1, 0.15) is 5.82 Å². The number of hydrogen-bond acceptors (Lipinski definition) is 3. The van der Waals surface area contributed by atoms with Crippen molar-refractivity contribution in [3.05, 3.63) is 72.0 Å². The van der Waals surface area contributed by atoms with Gasteiger partial charge in [-0.1, -0.05) is 30.3 Å². The van der Waals surface area contributed by atoms with E-state index in [1.807, 2.05) is 6.07 Å². The molecule has 3 aromatic rings. The highest BCUT2D eigenvalue weighted by atomic mass is 32.2. The highest BCUT2D eigenvalue weighted by molar-refractivity contribution is 7.91. The smallest absolute Gasteiger partial charge is 0.217 e. The number of rotatable bonds is 5. The molecule has 2 N–H and O–H groups in total. The number of primary amides is 1. The molecule has 128 valence electrons. The molecule has 0 aromatic heterocycles. The van der Waals surface area contributed by atoms with Crippen molar-refractivity contribution in [3.8, 4) is 0 Å². The summed E-state index contributed by atoms with van der Waals surface area (Å²) in [6, 6.07) is 15.2. The monoisotopic (exact) mass is 357 g/mol. The van der Waals surface area contributed by atoms with Crippen molar-refractivity contribution >= 4 is 26.5 Å². The lowest BCUT2D eigenvalue weighted by Crippen LogP contribution is -2.11. The van der Waals surface area contributed by atoms with Crippen molar-refractivity contribution in [1.29, 1.82) is 0 Å². The molecule has 0 aliphatic rings. The maximum atomic E-state index is 13.4. The molecule has 3 aromatic carbocycles. The molecule has 0 heterocycles. The minimum Gasteiger partial charge on any atom is -0.370 e. The van der Waals surface area contributed by atoms with Crippen LogP contribution in [0.3, 0.4) is 0 Å². The van der Waals surface area contributed by atoms with E-state index in [0.29, 0.717) is 6.42 Å². The number of carbonyl (C=O) groups is 1. The largest absolute Gasteiger partial charge is 0.370 e. The summed E-state index contributed by atoms with van der Waals surface area (Å²) < 4.78 is 38.8. The molecular weight excluding hydrogens is 341 g/mol. The lowest BCUT2D eigenvalue weighted by molar-refractivity contribution is -0.117. The number of aryl methyl sites for hydroxylation is 1. The maximum absolute atomic E-state index is 13.4. The summed E-state index contributed by atoms with van der Waals surface area (Å²) in [5, 5.41) is 1.60. The van der Waals surface area contributed by atoms with E-state index in [-0.39, 0.29) is 22.1 Å². The average Bonchev–Trinajstić information content (AvgIpc) is 2.59. The normalized spacial score (nSPS) is 11.6. The van der Waals surface area contributed by atoms with Crippen LogP contribution in [0.2, 0.25) is 0 Å². The van der Waals surface area contributed by atoms with Crippen LogP contribution in [0.15, 0.2) is 70.5 Å². The van der Waals surface area contributed by atoms with Crippen molar-refractivity contribution < 1.29 is 17.6 Å². The third-order valence-electron chi connectivity index (χ3n) is 4.00. The van der Waals surface area contributed by atoms with Gasteiger partial charge in [-0.15, -0.1) is 0 Å². The zero-order valence-electron chi connectivity index (χ0n) is 13.3. The fourth-order valence-corrected chi connectivity index (χ4v) is 4.07. The zero-order valence-corrected chi connectivity index (χ0v) is 14.1. The Morgan fingerprint density at radius 1 is 0.960 bits per heavy atom. The van der Waals surface area contributed by atoms with Gasteiger partial charge in [-0.25, -0.2) is 12.8 Å². The lowest BCUT2D eigenvalue weighted by Gasteiger charge is -2.09. The SMILES string of the molecule is NC(=O)CCc1cccc2cc(S(=O)(=O)c3cccc(F)c3)ccc12. The summed E-state index contributed by atoms with van der Waals surface area (Å²) in [5.74, 6) is -0.988. The van der Waals surface area contributed by atoms with Crippen LogP contribution in [0.1, 0.15) is 12.0 Å². The van der Waals surface area contributed by atoms with Crippen LogP contribution in [0.25, 0.3) is 10.8 Å². The van der Waals surface area contributed by atoms with Crippen LogP contribution in [0.5, 0.6) is 0 Å². The minimum atomic E-state index is -3.81. The van der Waals surface area contributed by atoms with Gasteiger partial charge >= 0.3 is 0 Å². The fraction of sp³-hybridized carbons (Fsp3) is 0.105. The molecule has 0 aliphatic carbocycles. The minimum absolute atomic E-state index is 0.0864. The number of carbonyl (C=O) groups excluding carboxylic acids is 1. The number of amides is 1. The van der Waals surface area contributed by atoms with E-state index in [9.17, 15) is 17.6 Å². The number of nitrogens with two attached hydrogens (primary N) is 1. The second kappa shape index (κ2) is 6.64. The molecule has 6 heteroatoms. The van der Waals surface area contributed by atoms with Crippen molar-refractivity contribution in [2.75, 3.05) is 0 Å². The first-order chi connectivity index (χ1) is 11.9. The number of sulfone groups is 1. The standard InChI is InChI=1S/C19H16FNO3S/c20-15-5-2-6-16(12-15)25(23,24)17-8-9-18-13(7-10-19(21)22)3-1-4-14(18)11-17/h1-6,8-9,11-12H,7,10H2,(H2,21,22). The summed E-state index contributed by atoms with van der Waals surface area (Å²) in [6.07, 6.45) is 0.713. The summed E-state index contributed by atoms with van der Waals surface area (Å²) in [5.41, 5.74) is 6.12. The number of halogens is 1. The molecule has 0 spiro atoms. The topological polar surface area (TPSA) is 77.2 Å².